The molecule has 150 valence electrons. The van der Waals surface area contributed by atoms with E-state index in [2.05, 4.69) is 20.9 Å². The fourth-order valence-electron chi connectivity index (χ4n) is 3.07. The molecule has 0 aliphatic carbocycles. The molecule has 0 amide bonds. The molecular formula is C20H17BrN2O5S. The second kappa shape index (κ2) is 8.19. The third-order valence-electron chi connectivity index (χ3n) is 4.55. The highest BCUT2D eigenvalue weighted by Gasteiger charge is 2.29. The zero-order valence-corrected chi connectivity index (χ0v) is 17.6. The Morgan fingerprint density at radius 2 is 1.86 bits per heavy atom. The molecule has 7 nitrogen and oxygen atoms in total. The molecule has 1 aromatic heterocycles. The van der Waals surface area contributed by atoms with Crippen molar-refractivity contribution in [1.82, 2.24) is 9.29 Å². The smallest absolute Gasteiger partial charge is 0.343 e. The summed E-state index contributed by atoms with van der Waals surface area (Å²) in [6.07, 6.45) is 1.62. The number of benzene rings is 2. The number of pyridine rings is 1. The highest BCUT2D eigenvalue weighted by atomic mass is 79.9. The van der Waals surface area contributed by atoms with Crippen molar-refractivity contribution >= 4 is 42.8 Å². The monoisotopic (exact) mass is 476 g/mol. The highest BCUT2D eigenvalue weighted by molar-refractivity contribution is 9.10. The molecule has 1 fully saturated rings. The van der Waals surface area contributed by atoms with Crippen LogP contribution in [0.2, 0.25) is 0 Å². The van der Waals surface area contributed by atoms with Gasteiger partial charge in [-0.2, -0.15) is 4.31 Å². The fraction of sp³-hybridized carbons (Fsp3) is 0.200. The molecule has 2 heterocycles. The summed E-state index contributed by atoms with van der Waals surface area (Å²) in [6.45, 7) is 1.22. The Bertz CT molecular complexity index is 1170. The van der Waals surface area contributed by atoms with Crippen LogP contribution in [0.5, 0.6) is 5.75 Å². The van der Waals surface area contributed by atoms with Crippen LogP contribution in [-0.2, 0) is 14.8 Å². The van der Waals surface area contributed by atoms with Crippen LogP contribution in [0.4, 0.5) is 0 Å². The standard InChI is InChI=1S/C20H17BrN2O5S/c21-16-7-6-15(13-18(16)29(25,26)23-9-11-27-12-10-23)20(24)28-17-5-1-3-14-4-2-8-22-19(14)17/h1-8,13H,9-12H2. The predicted octanol–water partition coefficient (Wildman–Crippen LogP) is 3.24. The van der Waals surface area contributed by atoms with Crippen molar-refractivity contribution in [3.05, 3.63) is 64.8 Å². The van der Waals surface area contributed by atoms with Crippen molar-refractivity contribution in [2.45, 2.75) is 4.90 Å². The van der Waals surface area contributed by atoms with Gasteiger partial charge in [0.1, 0.15) is 5.52 Å². The summed E-state index contributed by atoms with van der Waals surface area (Å²) in [6, 6.07) is 13.3. The van der Waals surface area contributed by atoms with Gasteiger partial charge in [0.25, 0.3) is 0 Å². The van der Waals surface area contributed by atoms with Gasteiger partial charge in [-0.15, -0.1) is 0 Å². The fourth-order valence-corrected chi connectivity index (χ4v) is 5.43. The number of morpholine rings is 1. The van der Waals surface area contributed by atoms with Crippen LogP contribution in [0.25, 0.3) is 10.9 Å². The molecular weight excluding hydrogens is 460 g/mol. The van der Waals surface area contributed by atoms with E-state index in [-0.39, 0.29) is 23.5 Å². The SMILES string of the molecule is O=C(Oc1cccc2cccnc12)c1ccc(Br)c(S(=O)(=O)N2CCOCC2)c1. The second-order valence-corrected chi connectivity index (χ2v) is 9.14. The molecule has 1 saturated heterocycles. The molecule has 0 bridgehead atoms. The Balaban J connectivity index is 1.65. The van der Waals surface area contributed by atoms with E-state index in [1.165, 1.54) is 22.5 Å². The molecule has 0 spiro atoms. The lowest BCUT2D eigenvalue weighted by Gasteiger charge is -2.26. The lowest BCUT2D eigenvalue weighted by Crippen LogP contribution is -2.40. The number of carbonyl (C=O) groups is 1. The highest BCUT2D eigenvalue weighted by Crippen LogP contribution is 2.28. The van der Waals surface area contributed by atoms with E-state index in [1.807, 2.05) is 12.1 Å². The Morgan fingerprint density at radius 1 is 1.10 bits per heavy atom. The van der Waals surface area contributed by atoms with Crippen LogP contribution in [-0.4, -0.2) is 50.0 Å². The van der Waals surface area contributed by atoms with Crippen LogP contribution in [0, 0.1) is 0 Å². The second-order valence-electron chi connectivity index (χ2n) is 6.38. The van der Waals surface area contributed by atoms with E-state index in [0.717, 1.165) is 5.39 Å². The summed E-state index contributed by atoms with van der Waals surface area (Å²) in [5, 5.41) is 0.837. The summed E-state index contributed by atoms with van der Waals surface area (Å²) < 4.78 is 38.5. The van der Waals surface area contributed by atoms with Crippen LogP contribution < -0.4 is 4.74 Å². The average molecular weight is 477 g/mol. The van der Waals surface area contributed by atoms with Gasteiger partial charge in [-0.25, -0.2) is 13.2 Å². The van der Waals surface area contributed by atoms with Gasteiger partial charge < -0.3 is 9.47 Å². The largest absolute Gasteiger partial charge is 0.421 e. The molecule has 1 aliphatic heterocycles. The number of hydrogen-bond acceptors (Lipinski definition) is 6. The van der Waals surface area contributed by atoms with Gasteiger partial charge in [-0.3, -0.25) is 4.98 Å². The number of hydrogen-bond donors (Lipinski definition) is 0. The van der Waals surface area contributed by atoms with Crippen molar-refractivity contribution in [2.75, 3.05) is 26.3 Å². The van der Waals surface area contributed by atoms with Crippen molar-refractivity contribution in [1.29, 1.82) is 0 Å². The van der Waals surface area contributed by atoms with E-state index in [1.54, 1.807) is 24.4 Å². The number of rotatable bonds is 4. The van der Waals surface area contributed by atoms with Crippen molar-refractivity contribution in [3.8, 4) is 5.75 Å². The zero-order chi connectivity index (χ0) is 20.4. The Hall–Kier alpha value is -2.33. The number of para-hydroxylation sites is 1. The topological polar surface area (TPSA) is 85.8 Å². The first kappa shape index (κ1) is 20.0. The van der Waals surface area contributed by atoms with Crippen molar-refractivity contribution in [2.24, 2.45) is 0 Å². The number of aromatic nitrogens is 1. The lowest BCUT2D eigenvalue weighted by atomic mass is 10.2. The van der Waals surface area contributed by atoms with Crippen LogP contribution in [0.1, 0.15) is 10.4 Å². The van der Waals surface area contributed by atoms with Crippen LogP contribution >= 0.6 is 15.9 Å². The number of carbonyl (C=O) groups excluding carboxylic acids is 1. The van der Waals surface area contributed by atoms with E-state index in [9.17, 15) is 13.2 Å². The molecule has 3 aromatic rings. The number of fused-ring (bicyclic) bond motifs is 1. The minimum atomic E-state index is -3.77. The Morgan fingerprint density at radius 3 is 2.66 bits per heavy atom. The number of sulfonamides is 1. The van der Waals surface area contributed by atoms with E-state index >= 15 is 0 Å². The summed E-state index contributed by atoms with van der Waals surface area (Å²) in [5.74, 6) is -0.345. The van der Waals surface area contributed by atoms with Gasteiger partial charge in [-0.1, -0.05) is 18.2 Å². The molecule has 0 N–H and O–H groups in total. The maximum Gasteiger partial charge on any atom is 0.343 e. The summed E-state index contributed by atoms with van der Waals surface area (Å²) in [5.41, 5.74) is 0.689. The molecule has 0 unspecified atom stereocenters. The first-order chi connectivity index (χ1) is 14.0. The predicted molar refractivity (Wildman–Crippen MR) is 110 cm³/mol. The third-order valence-corrected chi connectivity index (χ3v) is 7.45. The zero-order valence-electron chi connectivity index (χ0n) is 15.2. The third kappa shape index (κ3) is 4.04. The van der Waals surface area contributed by atoms with Gasteiger partial charge in [0, 0.05) is 29.1 Å². The van der Waals surface area contributed by atoms with Gasteiger partial charge >= 0.3 is 5.97 Å². The molecule has 0 saturated carbocycles. The molecule has 0 radical (unpaired) electrons. The number of halogens is 1. The molecule has 29 heavy (non-hydrogen) atoms. The summed E-state index contributed by atoms with van der Waals surface area (Å²) in [7, 11) is -3.77. The normalized spacial score (nSPS) is 15.3. The van der Waals surface area contributed by atoms with Gasteiger partial charge in [0.15, 0.2) is 5.75 Å². The van der Waals surface area contributed by atoms with E-state index < -0.39 is 16.0 Å². The van der Waals surface area contributed by atoms with E-state index in [4.69, 9.17) is 9.47 Å². The first-order valence-corrected chi connectivity index (χ1v) is 11.1. The lowest BCUT2D eigenvalue weighted by molar-refractivity contribution is 0.0727. The van der Waals surface area contributed by atoms with Gasteiger partial charge in [0.2, 0.25) is 10.0 Å². The number of ether oxygens (including phenoxy) is 2. The van der Waals surface area contributed by atoms with Crippen molar-refractivity contribution in [3.63, 3.8) is 0 Å². The molecule has 0 atom stereocenters. The van der Waals surface area contributed by atoms with Gasteiger partial charge in [0.05, 0.1) is 23.7 Å². The minimum absolute atomic E-state index is 0.0184. The maximum absolute atomic E-state index is 13.0. The molecule has 9 heteroatoms. The molecule has 4 rings (SSSR count). The van der Waals surface area contributed by atoms with Crippen molar-refractivity contribution < 1.29 is 22.7 Å². The Labute approximate surface area is 176 Å². The van der Waals surface area contributed by atoms with Gasteiger partial charge in [-0.05, 0) is 46.3 Å². The minimum Gasteiger partial charge on any atom is -0.421 e. The quantitative estimate of drug-likeness (QED) is 0.424. The maximum atomic E-state index is 13.0. The van der Waals surface area contributed by atoms with Crippen LogP contribution in [0.15, 0.2) is 64.1 Å². The van der Waals surface area contributed by atoms with E-state index in [0.29, 0.717) is 29.0 Å². The summed E-state index contributed by atoms with van der Waals surface area (Å²) in [4.78, 5) is 17.0. The van der Waals surface area contributed by atoms with Crippen LogP contribution in [0.3, 0.4) is 0 Å². The average Bonchev–Trinajstić information content (AvgIpc) is 2.75. The summed E-state index contributed by atoms with van der Waals surface area (Å²) >= 11 is 3.28. The molecule has 1 aliphatic rings. The number of nitrogens with zero attached hydrogens (tertiary/aromatic N) is 2. The Kier molecular flexibility index (Phi) is 5.64. The first-order valence-electron chi connectivity index (χ1n) is 8.90. The number of esters is 1. The molecule has 2 aromatic carbocycles.